The molecule has 1 amide bonds. The molecule has 0 unspecified atom stereocenters. The number of anilines is 1. The van der Waals surface area contributed by atoms with Gasteiger partial charge in [-0.2, -0.15) is 5.26 Å². The molecule has 0 saturated carbocycles. The number of sulfonamides is 1. The lowest BCUT2D eigenvalue weighted by molar-refractivity contribution is 0.0946. The van der Waals surface area contributed by atoms with Crippen LogP contribution in [0.2, 0.25) is 0 Å². The summed E-state index contributed by atoms with van der Waals surface area (Å²) in [7, 11) is -3.87. The standard InChI is InChI=1S/C24H21N5O4S/c25-11-3-13-33-23-5-2-1-4-21(23)29-34(31,32)19-8-6-17(7-9-19)15-27-24(30)22-14-18-16-26-12-10-20(18)28-22/h1-2,4-10,12,14,16,28-29H,3,13,15H2,(H,27,30). The van der Waals surface area contributed by atoms with Crippen molar-refractivity contribution in [3.63, 3.8) is 0 Å². The molecule has 3 N–H and O–H groups in total. The minimum Gasteiger partial charge on any atom is -0.490 e. The first-order valence-corrected chi connectivity index (χ1v) is 11.9. The lowest BCUT2D eigenvalue weighted by Crippen LogP contribution is -2.23. The number of ether oxygens (including phenoxy) is 1. The molecular formula is C24H21N5O4S. The maximum atomic E-state index is 12.8. The minimum atomic E-state index is -3.87. The van der Waals surface area contributed by atoms with Gasteiger partial charge >= 0.3 is 0 Å². The summed E-state index contributed by atoms with van der Waals surface area (Å²) in [4.78, 5) is 19.6. The molecule has 0 saturated heterocycles. The summed E-state index contributed by atoms with van der Waals surface area (Å²) in [5, 5.41) is 12.3. The highest BCUT2D eigenvalue weighted by molar-refractivity contribution is 7.92. The summed E-state index contributed by atoms with van der Waals surface area (Å²) >= 11 is 0. The molecule has 0 spiro atoms. The second-order valence-corrected chi connectivity index (χ2v) is 9.01. The van der Waals surface area contributed by atoms with Gasteiger partial charge in [0.15, 0.2) is 0 Å². The Balaban J connectivity index is 1.40. The molecule has 0 aliphatic rings. The van der Waals surface area contributed by atoms with E-state index in [0.717, 1.165) is 16.5 Å². The van der Waals surface area contributed by atoms with Crippen molar-refractivity contribution < 1.29 is 17.9 Å². The number of hydrogen-bond donors (Lipinski definition) is 3. The van der Waals surface area contributed by atoms with Gasteiger partial charge < -0.3 is 15.0 Å². The molecule has 2 heterocycles. The maximum absolute atomic E-state index is 12.8. The zero-order chi connectivity index (χ0) is 24.0. The topological polar surface area (TPSA) is 137 Å². The van der Waals surface area contributed by atoms with E-state index in [1.807, 2.05) is 6.07 Å². The van der Waals surface area contributed by atoms with Gasteiger partial charge in [-0.05, 0) is 42.0 Å². The summed E-state index contributed by atoms with van der Waals surface area (Å²) in [6.07, 6.45) is 3.51. The molecule has 0 fully saturated rings. The van der Waals surface area contributed by atoms with Gasteiger partial charge in [-0.1, -0.05) is 24.3 Å². The fraction of sp³-hybridized carbons (Fsp3) is 0.125. The van der Waals surface area contributed by atoms with Gasteiger partial charge in [-0.3, -0.25) is 14.5 Å². The number of nitrogens with one attached hydrogen (secondary N) is 3. The van der Waals surface area contributed by atoms with Crippen LogP contribution in [0.3, 0.4) is 0 Å². The highest BCUT2D eigenvalue weighted by Crippen LogP contribution is 2.27. The number of aromatic amines is 1. The van der Waals surface area contributed by atoms with E-state index in [9.17, 15) is 13.2 Å². The molecule has 4 aromatic rings. The van der Waals surface area contributed by atoms with Gasteiger partial charge in [-0.15, -0.1) is 0 Å². The molecule has 34 heavy (non-hydrogen) atoms. The van der Waals surface area contributed by atoms with Gasteiger partial charge in [-0.25, -0.2) is 8.42 Å². The molecule has 4 rings (SSSR count). The number of nitriles is 1. The van der Waals surface area contributed by atoms with Crippen molar-refractivity contribution in [3.05, 3.63) is 84.3 Å². The largest absolute Gasteiger partial charge is 0.490 e. The number of pyridine rings is 1. The van der Waals surface area contributed by atoms with Crippen molar-refractivity contribution in [1.29, 1.82) is 5.26 Å². The van der Waals surface area contributed by atoms with Crippen LogP contribution in [0, 0.1) is 11.3 Å². The fourth-order valence-corrected chi connectivity index (χ4v) is 4.32. The van der Waals surface area contributed by atoms with Crippen LogP contribution in [0.1, 0.15) is 22.5 Å². The Morgan fingerprint density at radius 3 is 2.68 bits per heavy atom. The summed E-state index contributed by atoms with van der Waals surface area (Å²) < 4.78 is 33.7. The number of carbonyl (C=O) groups excluding carboxylic acids is 1. The third-order valence-corrected chi connectivity index (χ3v) is 6.34. The number of fused-ring (bicyclic) bond motifs is 1. The third kappa shape index (κ3) is 5.33. The Kier molecular flexibility index (Phi) is 6.75. The minimum absolute atomic E-state index is 0.0671. The number of para-hydroxylation sites is 2. The van der Waals surface area contributed by atoms with Crippen LogP contribution in [-0.4, -0.2) is 30.9 Å². The zero-order valence-corrected chi connectivity index (χ0v) is 18.8. The monoisotopic (exact) mass is 475 g/mol. The van der Waals surface area contributed by atoms with Gasteiger partial charge in [0, 0.05) is 29.8 Å². The molecule has 0 bridgehead atoms. The summed E-state index contributed by atoms with van der Waals surface area (Å²) in [6, 6.07) is 18.3. The fourth-order valence-electron chi connectivity index (χ4n) is 3.25. The zero-order valence-electron chi connectivity index (χ0n) is 18.0. The maximum Gasteiger partial charge on any atom is 0.267 e. The van der Waals surface area contributed by atoms with Crippen molar-refractivity contribution in [2.75, 3.05) is 11.3 Å². The first-order valence-electron chi connectivity index (χ1n) is 10.4. The van der Waals surface area contributed by atoms with Gasteiger partial charge in [0.2, 0.25) is 0 Å². The van der Waals surface area contributed by atoms with Crippen molar-refractivity contribution >= 4 is 32.5 Å². The molecule has 0 atom stereocenters. The molecule has 0 aliphatic carbocycles. The van der Waals surface area contributed by atoms with Crippen LogP contribution in [0.15, 0.2) is 78.0 Å². The lowest BCUT2D eigenvalue weighted by atomic mass is 10.2. The second-order valence-electron chi connectivity index (χ2n) is 7.33. The van der Waals surface area contributed by atoms with E-state index in [-0.39, 0.29) is 36.1 Å². The van der Waals surface area contributed by atoms with Crippen LogP contribution in [-0.2, 0) is 16.6 Å². The summed E-state index contributed by atoms with van der Waals surface area (Å²) in [5.74, 6) is 0.0657. The van der Waals surface area contributed by atoms with Crippen LogP contribution in [0.4, 0.5) is 5.69 Å². The van der Waals surface area contributed by atoms with Crippen LogP contribution >= 0.6 is 0 Å². The molecule has 2 aromatic heterocycles. The first-order chi connectivity index (χ1) is 16.5. The van der Waals surface area contributed by atoms with E-state index in [1.165, 1.54) is 12.1 Å². The SMILES string of the molecule is N#CCCOc1ccccc1NS(=O)(=O)c1ccc(CNC(=O)c2cc3cnccc3[nH]2)cc1. The van der Waals surface area contributed by atoms with Crippen LogP contribution in [0.5, 0.6) is 5.75 Å². The third-order valence-electron chi connectivity index (χ3n) is 4.96. The van der Waals surface area contributed by atoms with Crippen LogP contribution < -0.4 is 14.8 Å². The van der Waals surface area contributed by atoms with E-state index in [0.29, 0.717) is 11.4 Å². The average molecular weight is 476 g/mol. The number of carbonyl (C=O) groups is 1. The predicted molar refractivity (Wildman–Crippen MR) is 127 cm³/mol. The normalized spacial score (nSPS) is 11.0. The number of aromatic nitrogens is 2. The van der Waals surface area contributed by atoms with E-state index in [4.69, 9.17) is 10.00 Å². The van der Waals surface area contributed by atoms with Crippen molar-refractivity contribution in [1.82, 2.24) is 15.3 Å². The lowest BCUT2D eigenvalue weighted by Gasteiger charge is -2.13. The summed E-state index contributed by atoms with van der Waals surface area (Å²) in [5.41, 5.74) is 2.26. The average Bonchev–Trinajstić information content (AvgIpc) is 3.28. The Bertz CT molecular complexity index is 1420. The van der Waals surface area contributed by atoms with E-state index < -0.39 is 10.0 Å². The Hall–Kier alpha value is -4.36. The molecular weight excluding hydrogens is 454 g/mol. The van der Waals surface area contributed by atoms with Gasteiger partial charge in [0.25, 0.3) is 15.9 Å². The molecule has 172 valence electrons. The Morgan fingerprint density at radius 1 is 1.12 bits per heavy atom. The number of amides is 1. The van der Waals surface area contributed by atoms with Crippen LogP contribution in [0.25, 0.3) is 10.9 Å². The highest BCUT2D eigenvalue weighted by atomic mass is 32.2. The molecule has 0 aliphatic heterocycles. The number of hydrogen-bond acceptors (Lipinski definition) is 6. The van der Waals surface area contributed by atoms with Crippen molar-refractivity contribution in [2.24, 2.45) is 0 Å². The van der Waals surface area contributed by atoms with Gasteiger partial charge in [0.05, 0.1) is 23.1 Å². The Labute approximate surface area is 196 Å². The molecule has 9 nitrogen and oxygen atoms in total. The van der Waals surface area contributed by atoms with Crippen molar-refractivity contribution in [2.45, 2.75) is 17.9 Å². The molecule has 0 radical (unpaired) electrons. The number of H-pyrrole nitrogens is 1. The highest BCUT2D eigenvalue weighted by Gasteiger charge is 2.17. The Morgan fingerprint density at radius 2 is 1.91 bits per heavy atom. The quantitative estimate of drug-likeness (QED) is 0.317. The van der Waals surface area contributed by atoms with E-state index in [2.05, 4.69) is 20.0 Å². The van der Waals surface area contributed by atoms with E-state index in [1.54, 1.807) is 60.9 Å². The molecule has 10 heteroatoms. The predicted octanol–water partition coefficient (Wildman–Crippen LogP) is 3.59. The summed E-state index contributed by atoms with van der Waals surface area (Å²) in [6.45, 7) is 0.390. The van der Waals surface area contributed by atoms with E-state index >= 15 is 0 Å². The smallest absolute Gasteiger partial charge is 0.267 e. The first kappa shape index (κ1) is 22.8. The second kappa shape index (κ2) is 10.1. The van der Waals surface area contributed by atoms with Crippen molar-refractivity contribution in [3.8, 4) is 11.8 Å². The number of benzene rings is 2. The number of rotatable bonds is 9. The van der Waals surface area contributed by atoms with Gasteiger partial charge in [0.1, 0.15) is 18.1 Å². The number of nitrogens with zero attached hydrogens (tertiary/aromatic N) is 2. The molecule has 2 aromatic carbocycles.